The lowest BCUT2D eigenvalue weighted by atomic mass is 9.82. The summed E-state index contributed by atoms with van der Waals surface area (Å²) < 4.78 is 22.3. The molecule has 0 bridgehead atoms. The van der Waals surface area contributed by atoms with E-state index in [1.54, 1.807) is 6.92 Å². The van der Waals surface area contributed by atoms with Crippen molar-refractivity contribution in [3.8, 4) is 17.8 Å². The number of rotatable bonds is 5. The number of anilines is 1. The summed E-state index contributed by atoms with van der Waals surface area (Å²) >= 11 is 0. The van der Waals surface area contributed by atoms with E-state index in [4.69, 9.17) is 18.3 Å². The van der Waals surface area contributed by atoms with Crippen LogP contribution in [0.15, 0.2) is 57.4 Å². The second-order valence-electron chi connectivity index (χ2n) is 9.86. The molecule has 2 N–H and O–H groups in total. The number of hydrogen-bond donors (Lipinski definition) is 2. The molecule has 0 radical (unpaired) electrons. The molecule has 2 saturated carbocycles. The minimum Gasteiger partial charge on any atom is -0.444 e. The van der Waals surface area contributed by atoms with Gasteiger partial charge in [0.1, 0.15) is 18.1 Å². The van der Waals surface area contributed by atoms with Gasteiger partial charge in [0.2, 0.25) is 5.88 Å². The summed E-state index contributed by atoms with van der Waals surface area (Å²) in [7, 11) is 0. The number of benzene rings is 1. The number of aromatic nitrogens is 2. The molecule has 10 nitrogen and oxygen atoms in total. The van der Waals surface area contributed by atoms with Crippen LogP contribution in [-0.4, -0.2) is 34.4 Å². The van der Waals surface area contributed by atoms with Crippen LogP contribution in [0.1, 0.15) is 35.7 Å². The number of fused-ring (bicyclic) bond motifs is 1. The van der Waals surface area contributed by atoms with Gasteiger partial charge in [-0.05, 0) is 37.3 Å². The van der Waals surface area contributed by atoms with Gasteiger partial charge in [-0.3, -0.25) is 10.1 Å². The van der Waals surface area contributed by atoms with E-state index in [1.807, 2.05) is 30.3 Å². The smallest absolute Gasteiger partial charge is 0.414 e. The Labute approximate surface area is 211 Å². The number of carbonyl (C=O) groups is 2. The maximum Gasteiger partial charge on any atom is 0.414 e. The Hall–Kier alpha value is -4.36. The van der Waals surface area contributed by atoms with Gasteiger partial charge in [-0.1, -0.05) is 30.3 Å². The molecule has 4 aliphatic rings. The van der Waals surface area contributed by atoms with Gasteiger partial charge in [-0.25, -0.2) is 14.8 Å². The van der Waals surface area contributed by atoms with Crippen molar-refractivity contribution in [3.05, 3.63) is 71.4 Å². The third-order valence-electron chi connectivity index (χ3n) is 7.63. The van der Waals surface area contributed by atoms with Crippen LogP contribution < -0.4 is 15.4 Å². The van der Waals surface area contributed by atoms with Crippen molar-refractivity contribution >= 4 is 17.8 Å². The number of ether oxygens (including phenoxy) is 2. The molecular weight excluding hydrogens is 476 g/mol. The lowest BCUT2D eigenvalue weighted by Gasteiger charge is -2.28. The Balaban J connectivity index is 1.04. The molecule has 3 atom stereocenters. The normalized spacial score (nSPS) is 25.5. The molecule has 1 saturated heterocycles. The third-order valence-corrected chi connectivity index (χ3v) is 7.63. The molecule has 186 valence electrons. The summed E-state index contributed by atoms with van der Waals surface area (Å²) in [6.45, 7) is 2.67. The summed E-state index contributed by atoms with van der Waals surface area (Å²) in [5.41, 5.74) is 0.963. The van der Waals surface area contributed by atoms with Gasteiger partial charge in [0.15, 0.2) is 17.9 Å². The molecule has 10 heteroatoms. The first kappa shape index (κ1) is 21.9. The lowest BCUT2D eigenvalue weighted by Crippen LogP contribution is -2.41. The van der Waals surface area contributed by atoms with E-state index in [9.17, 15) is 9.59 Å². The molecule has 3 heterocycles. The van der Waals surface area contributed by atoms with Crippen LogP contribution >= 0.6 is 0 Å². The Kier molecular flexibility index (Phi) is 4.62. The minimum absolute atomic E-state index is 0.0498. The highest BCUT2D eigenvalue weighted by atomic mass is 16.6. The number of ketones is 1. The van der Waals surface area contributed by atoms with Gasteiger partial charge >= 0.3 is 12.0 Å². The summed E-state index contributed by atoms with van der Waals surface area (Å²) in [5, 5.41) is 5.84. The number of nitrogens with one attached hydrogen (secondary N) is 2. The maximum absolute atomic E-state index is 13.1. The summed E-state index contributed by atoms with van der Waals surface area (Å²) in [6.07, 6.45) is 4.20. The van der Waals surface area contributed by atoms with Crippen molar-refractivity contribution in [1.82, 2.24) is 15.3 Å². The fourth-order valence-corrected chi connectivity index (χ4v) is 5.33. The molecule has 3 aromatic rings. The Morgan fingerprint density at radius 3 is 2.86 bits per heavy atom. The van der Waals surface area contributed by atoms with Crippen LogP contribution in [0.5, 0.6) is 5.95 Å². The van der Waals surface area contributed by atoms with Crippen molar-refractivity contribution in [2.75, 3.05) is 11.9 Å². The quantitative estimate of drug-likeness (QED) is 0.509. The second-order valence-corrected chi connectivity index (χ2v) is 9.86. The Morgan fingerprint density at radius 1 is 1.27 bits per heavy atom. The zero-order valence-corrected chi connectivity index (χ0v) is 19.9. The molecule has 7 rings (SSSR count). The van der Waals surface area contributed by atoms with Crippen LogP contribution in [-0.2, 0) is 16.1 Å². The number of carbonyl (C=O) groups excluding carboxylic acids is 2. The van der Waals surface area contributed by atoms with E-state index in [0.717, 1.165) is 24.9 Å². The van der Waals surface area contributed by atoms with E-state index in [0.29, 0.717) is 11.5 Å². The molecule has 1 aliphatic heterocycles. The van der Waals surface area contributed by atoms with Crippen LogP contribution in [0.2, 0.25) is 0 Å². The van der Waals surface area contributed by atoms with Gasteiger partial charge in [-0.15, -0.1) is 0 Å². The van der Waals surface area contributed by atoms with Gasteiger partial charge in [0.25, 0.3) is 5.89 Å². The van der Waals surface area contributed by atoms with Crippen LogP contribution in [0.25, 0.3) is 0 Å². The number of amides is 1. The SMILES string of the molecule is Cc1nc(C#Cc2ncoc2NC(=O)OCc2ccccc2)oc1OC1=CC23CNC2C3C(=O)C12CC2. The standard InChI is InChI=1S/C27H22N4O6/c1-15-24(36-18-11-27-13-28-21(27)20(27)22(32)26(18)9-10-26)37-19(30-15)8-7-17-23(35-14-29-17)31-25(33)34-12-16-5-3-2-4-6-16/h2-6,11,14,20-21,28H,9-10,12-13H2,1H3,(H,31,33). The number of aryl methyl sites for hydroxylation is 1. The average molecular weight is 498 g/mol. The topological polar surface area (TPSA) is 129 Å². The molecule has 2 spiro atoms. The van der Waals surface area contributed by atoms with Crippen LogP contribution in [0.4, 0.5) is 10.7 Å². The predicted octanol–water partition coefficient (Wildman–Crippen LogP) is 3.33. The largest absolute Gasteiger partial charge is 0.444 e. The van der Waals surface area contributed by atoms with E-state index >= 15 is 0 Å². The summed E-state index contributed by atoms with van der Waals surface area (Å²) in [5.74, 6) is 7.00. The van der Waals surface area contributed by atoms with E-state index < -0.39 is 11.5 Å². The number of oxazole rings is 2. The number of hydrogen-bond acceptors (Lipinski definition) is 9. The van der Waals surface area contributed by atoms with Crippen molar-refractivity contribution in [1.29, 1.82) is 0 Å². The molecule has 3 unspecified atom stereocenters. The summed E-state index contributed by atoms with van der Waals surface area (Å²) in [4.78, 5) is 33.6. The summed E-state index contributed by atoms with van der Waals surface area (Å²) in [6, 6.07) is 9.56. The lowest BCUT2D eigenvalue weighted by molar-refractivity contribution is -0.126. The zero-order chi connectivity index (χ0) is 25.2. The monoisotopic (exact) mass is 498 g/mol. The molecular formula is C27H22N4O6. The molecule has 37 heavy (non-hydrogen) atoms. The first-order valence-electron chi connectivity index (χ1n) is 12.1. The molecule has 1 aromatic carbocycles. The number of Topliss-reactive ketones (excluding diaryl/α,β-unsaturated/α-hetero) is 1. The van der Waals surface area contributed by atoms with Crippen LogP contribution in [0.3, 0.4) is 0 Å². The first-order valence-corrected chi connectivity index (χ1v) is 12.1. The highest BCUT2D eigenvalue weighted by molar-refractivity contribution is 5.99. The van der Waals surface area contributed by atoms with Gasteiger partial charge < -0.3 is 23.6 Å². The third kappa shape index (κ3) is 3.46. The van der Waals surface area contributed by atoms with E-state index in [-0.39, 0.29) is 53.2 Å². The highest BCUT2D eigenvalue weighted by Gasteiger charge is 2.79. The Morgan fingerprint density at radius 2 is 2.11 bits per heavy atom. The first-order chi connectivity index (χ1) is 18.0. The zero-order valence-electron chi connectivity index (χ0n) is 19.9. The van der Waals surface area contributed by atoms with Gasteiger partial charge in [0, 0.05) is 29.8 Å². The molecule has 1 amide bonds. The maximum atomic E-state index is 13.1. The van der Waals surface area contributed by atoms with Crippen molar-refractivity contribution in [3.63, 3.8) is 0 Å². The van der Waals surface area contributed by atoms with Gasteiger partial charge in [-0.2, -0.15) is 0 Å². The Bertz CT molecular complexity index is 1520. The molecule has 2 aromatic heterocycles. The molecule has 3 aliphatic carbocycles. The fraction of sp³-hybridized carbons (Fsp3) is 0.333. The number of allylic oxidation sites excluding steroid dienone is 1. The average Bonchev–Trinajstić information content (AvgIpc) is 3.63. The van der Waals surface area contributed by atoms with Crippen molar-refractivity contribution in [2.24, 2.45) is 16.7 Å². The second kappa shape index (κ2) is 7.82. The number of nitrogens with zero attached hydrogens (tertiary/aromatic N) is 2. The predicted molar refractivity (Wildman–Crippen MR) is 127 cm³/mol. The van der Waals surface area contributed by atoms with Gasteiger partial charge in [0.05, 0.1) is 5.41 Å². The molecule has 3 fully saturated rings. The van der Waals surface area contributed by atoms with E-state index in [1.165, 1.54) is 6.39 Å². The van der Waals surface area contributed by atoms with Crippen molar-refractivity contribution in [2.45, 2.75) is 32.4 Å². The van der Waals surface area contributed by atoms with Crippen LogP contribution in [0, 0.1) is 35.5 Å². The highest BCUT2D eigenvalue weighted by Crippen LogP contribution is 2.71. The van der Waals surface area contributed by atoms with E-state index in [2.05, 4.69) is 38.5 Å². The van der Waals surface area contributed by atoms with Crippen molar-refractivity contribution < 1.29 is 27.9 Å². The fourth-order valence-electron chi connectivity index (χ4n) is 5.33. The minimum atomic E-state index is -0.697.